The molecule has 3 N–H and O–H groups in total. The number of aromatic nitrogens is 5. The van der Waals surface area contributed by atoms with Crippen molar-refractivity contribution >= 4 is 34.5 Å². The van der Waals surface area contributed by atoms with Crippen LogP contribution in [-0.4, -0.2) is 43.5 Å². The van der Waals surface area contributed by atoms with Crippen molar-refractivity contribution in [2.45, 2.75) is 0 Å². The molecule has 0 saturated heterocycles. The van der Waals surface area contributed by atoms with Gasteiger partial charge >= 0.3 is 5.97 Å². The molecule has 0 saturated carbocycles. The van der Waals surface area contributed by atoms with Crippen molar-refractivity contribution in [1.29, 1.82) is 0 Å². The zero-order valence-electron chi connectivity index (χ0n) is 22.2. The van der Waals surface area contributed by atoms with Gasteiger partial charge in [0, 0.05) is 11.8 Å². The highest BCUT2D eigenvalue weighted by Gasteiger charge is 2.20. The number of ether oxygens (including phenoxy) is 1. The van der Waals surface area contributed by atoms with Crippen molar-refractivity contribution in [2.24, 2.45) is 0 Å². The van der Waals surface area contributed by atoms with Crippen LogP contribution in [-0.2, 0) is 4.74 Å². The number of nitrogens with zero attached hydrogens (tertiary/aromatic N) is 5. The van der Waals surface area contributed by atoms with Gasteiger partial charge < -0.3 is 15.8 Å². The first kappa shape index (κ1) is 26.3. The Balaban J connectivity index is 1.38. The van der Waals surface area contributed by atoms with Crippen LogP contribution in [0.4, 0.5) is 15.9 Å². The maximum atomic E-state index is 14.5. The van der Waals surface area contributed by atoms with E-state index in [1.807, 2.05) is 48.5 Å². The van der Waals surface area contributed by atoms with E-state index in [0.717, 1.165) is 17.3 Å². The lowest BCUT2D eigenvalue weighted by molar-refractivity contribution is 0.0600. The van der Waals surface area contributed by atoms with Gasteiger partial charge in [0.25, 0.3) is 5.91 Å². The maximum Gasteiger partial charge on any atom is 0.337 e. The second kappa shape index (κ2) is 10.9. The molecule has 0 aliphatic heterocycles. The summed E-state index contributed by atoms with van der Waals surface area (Å²) >= 11 is 0. The third kappa shape index (κ3) is 4.90. The number of nitrogen functional groups attached to an aromatic ring is 1. The van der Waals surface area contributed by atoms with E-state index < -0.39 is 17.7 Å². The fourth-order valence-corrected chi connectivity index (χ4v) is 4.46. The number of rotatable bonds is 6. The fraction of sp³-hybridized carbons (Fsp3) is 0.0323. The van der Waals surface area contributed by atoms with E-state index in [2.05, 4.69) is 20.0 Å². The summed E-state index contributed by atoms with van der Waals surface area (Å²) in [5.74, 6) is -1.31. The smallest absolute Gasteiger partial charge is 0.337 e. The summed E-state index contributed by atoms with van der Waals surface area (Å²) in [6, 6.07) is 23.9. The summed E-state index contributed by atoms with van der Waals surface area (Å²) in [6.45, 7) is 0. The van der Waals surface area contributed by atoms with Crippen molar-refractivity contribution in [3.05, 3.63) is 114 Å². The molecule has 2 aromatic carbocycles. The third-order valence-electron chi connectivity index (χ3n) is 6.53. The van der Waals surface area contributed by atoms with Crippen LogP contribution in [0.25, 0.3) is 39.5 Å². The number of fused-ring (bicyclic) bond motifs is 1. The number of hydrogen-bond donors (Lipinski definition) is 2. The van der Waals surface area contributed by atoms with Crippen LogP contribution in [0.5, 0.6) is 0 Å². The minimum absolute atomic E-state index is 0.0251. The normalized spacial score (nSPS) is 10.9. The van der Waals surface area contributed by atoms with Gasteiger partial charge in [0.2, 0.25) is 0 Å². The summed E-state index contributed by atoms with van der Waals surface area (Å²) in [4.78, 5) is 42.8. The van der Waals surface area contributed by atoms with Gasteiger partial charge in [-0.1, -0.05) is 30.3 Å². The largest absolute Gasteiger partial charge is 0.465 e. The average Bonchev–Trinajstić information content (AvgIpc) is 3.40. The number of methoxy groups -OCH3 is 1. The number of anilines is 2. The average molecular weight is 560 g/mol. The Morgan fingerprint density at radius 3 is 2.48 bits per heavy atom. The standard InChI is InChI=1S/C31H22FN7O3/c1-42-31(41)19-9-11-24(22(32)16-19)38-30(40)26-12-10-20(17-35-26)39-28(21-8-5-15-34-27(21)33)37-25-14-13-23(36-29(25)39)18-6-3-2-4-7-18/h2-17H,1H3,(H2,33,34)(H,38,40). The Morgan fingerprint density at radius 2 is 1.76 bits per heavy atom. The molecule has 42 heavy (non-hydrogen) atoms. The molecular weight excluding hydrogens is 537 g/mol. The van der Waals surface area contributed by atoms with Gasteiger partial charge in [-0.3, -0.25) is 9.36 Å². The molecule has 0 atom stereocenters. The summed E-state index contributed by atoms with van der Waals surface area (Å²) in [5, 5.41) is 2.48. The van der Waals surface area contributed by atoms with Crippen LogP contribution in [0, 0.1) is 5.82 Å². The van der Waals surface area contributed by atoms with Crippen LogP contribution in [0.3, 0.4) is 0 Å². The number of nitrogens with two attached hydrogens (primary N) is 1. The summed E-state index contributed by atoms with van der Waals surface area (Å²) in [6.07, 6.45) is 3.10. The lowest BCUT2D eigenvalue weighted by atomic mass is 10.1. The molecule has 0 aliphatic carbocycles. The molecule has 6 aromatic rings. The number of benzene rings is 2. The van der Waals surface area contributed by atoms with Gasteiger partial charge in [0.15, 0.2) is 11.5 Å². The van der Waals surface area contributed by atoms with E-state index in [4.69, 9.17) is 15.7 Å². The van der Waals surface area contributed by atoms with Crippen molar-refractivity contribution in [2.75, 3.05) is 18.2 Å². The summed E-state index contributed by atoms with van der Waals surface area (Å²) in [5.41, 5.74) is 10.2. The van der Waals surface area contributed by atoms with Crippen LogP contribution >= 0.6 is 0 Å². The number of pyridine rings is 3. The van der Waals surface area contributed by atoms with E-state index >= 15 is 0 Å². The first-order chi connectivity index (χ1) is 20.4. The molecule has 0 unspecified atom stereocenters. The van der Waals surface area contributed by atoms with Gasteiger partial charge in [-0.15, -0.1) is 0 Å². The Morgan fingerprint density at radius 1 is 0.929 bits per heavy atom. The first-order valence-electron chi connectivity index (χ1n) is 12.7. The number of imidazole rings is 1. The van der Waals surface area contributed by atoms with Crippen molar-refractivity contribution in [3.8, 4) is 28.3 Å². The maximum absolute atomic E-state index is 14.5. The Bertz CT molecular complexity index is 1960. The Labute approximate surface area is 238 Å². The molecule has 0 spiro atoms. The monoisotopic (exact) mass is 559 g/mol. The minimum atomic E-state index is -0.785. The molecule has 1 amide bonds. The first-order valence-corrected chi connectivity index (χ1v) is 12.7. The number of halogens is 1. The Hall–Kier alpha value is -5.97. The number of hydrogen-bond acceptors (Lipinski definition) is 8. The molecule has 4 aromatic heterocycles. The predicted octanol–water partition coefficient (Wildman–Crippen LogP) is 5.30. The van der Waals surface area contributed by atoms with Gasteiger partial charge in [-0.2, -0.15) is 0 Å². The van der Waals surface area contributed by atoms with Crippen molar-refractivity contribution in [3.63, 3.8) is 0 Å². The van der Waals surface area contributed by atoms with Crippen molar-refractivity contribution < 1.29 is 18.7 Å². The van der Waals surface area contributed by atoms with Gasteiger partial charge in [0.05, 0.1) is 41.5 Å². The zero-order valence-corrected chi connectivity index (χ0v) is 22.2. The number of carbonyl (C=O) groups excluding carboxylic acids is 2. The van der Waals surface area contributed by atoms with E-state index in [0.29, 0.717) is 34.1 Å². The van der Waals surface area contributed by atoms with E-state index in [1.165, 1.54) is 31.5 Å². The van der Waals surface area contributed by atoms with Crippen LogP contribution in [0.15, 0.2) is 97.3 Å². The van der Waals surface area contributed by atoms with E-state index in [9.17, 15) is 14.0 Å². The van der Waals surface area contributed by atoms with Crippen LogP contribution in [0.1, 0.15) is 20.8 Å². The molecule has 0 aliphatic rings. The molecule has 0 radical (unpaired) electrons. The zero-order chi connectivity index (χ0) is 29.2. The highest BCUT2D eigenvalue weighted by atomic mass is 19.1. The summed E-state index contributed by atoms with van der Waals surface area (Å²) in [7, 11) is 1.20. The molecule has 206 valence electrons. The third-order valence-corrected chi connectivity index (χ3v) is 6.53. The highest BCUT2D eigenvalue weighted by molar-refractivity contribution is 6.03. The quantitative estimate of drug-likeness (QED) is 0.262. The lowest BCUT2D eigenvalue weighted by Crippen LogP contribution is -2.15. The predicted molar refractivity (Wildman–Crippen MR) is 155 cm³/mol. The fourth-order valence-electron chi connectivity index (χ4n) is 4.46. The van der Waals surface area contributed by atoms with Crippen molar-refractivity contribution in [1.82, 2.24) is 24.5 Å². The molecule has 4 heterocycles. The summed E-state index contributed by atoms with van der Waals surface area (Å²) < 4.78 is 20.9. The number of esters is 1. The van der Waals surface area contributed by atoms with Crippen LogP contribution < -0.4 is 11.1 Å². The Kier molecular flexibility index (Phi) is 6.81. The SMILES string of the molecule is COC(=O)c1ccc(NC(=O)c2ccc(-n3c(-c4cccnc4N)nc4ccc(-c5ccccc5)nc43)cn2)c(F)c1. The number of nitrogens with one attached hydrogen (secondary N) is 1. The number of carbonyl (C=O) groups is 2. The molecular formula is C31H22FN7O3. The van der Waals surface area contributed by atoms with E-state index in [1.54, 1.807) is 22.9 Å². The highest BCUT2D eigenvalue weighted by Crippen LogP contribution is 2.31. The minimum Gasteiger partial charge on any atom is -0.465 e. The molecule has 10 nitrogen and oxygen atoms in total. The molecule has 11 heteroatoms. The van der Waals surface area contributed by atoms with Gasteiger partial charge in [0.1, 0.15) is 22.8 Å². The van der Waals surface area contributed by atoms with Crippen LogP contribution in [0.2, 0.25) is 0 Å². The molecule has 0 bridgehead atoms. The topological polar surface area (TPSA) is 138 Å². The second-order valence-electron chi connectivity index (χ2n) is 9.15. The number of amides is 1. The van der Waals surface area contributed by atoms with E-state index in [-0.39, 0.29) is 16.9 Å². The van der Waals surface area contributed by atoms with Gasteiger partial charge in [-0.05, 0) is 54.6 Å². The molecule has 0 fully saturated rings. The lowest BCUT2D eigenvalue weighted by Gasteiger charge is -2.11. The second-order valence-corrected chi connectivity index (χ2v) is 9.15. The molecule has 6 rings (SSSR count). The van der Waals surface area contributed by atoms with Gasteiger partial charge in [-0.25, -0.2) is 29.1 Å².